The summed E-state index contributed by atoms with van der Waals surface area (Å²) in [6.07, 6.45) is 2.74. The molecule has 1 nitrogen and oxygen atoms in total. The third-order valence-electron chi connectivity index (χ3n) is 4.27. The standard InChI is InChI=1S/C14H18BrNS/c15-12-3-1-2-11(8-12)13-9-16-6-4-14(13)5-7-17-10-14/h1-3,8,13,16H,4-7,9-10H2. The highest BCUT2D eigenvalue weighted by Gasteiger charge is 2.43. The van der Waals surface area contributed by atoms with Gasteiger partial charge < -0.3 is 5.32 Å². The van der Waals surface area contributed by atoms with Crippen LogP contribution in [0.1, 0.15) is 24.3 Å². The molecule has 0 aromatic heterocycles. The van der Waals surface area contributed by atoms with Crippen molar-refractivity contribution in [2.24, 2.45) is 5.41 Å². The second-order valence-corrected chi connectivity index (χ2v) is 7.25. The van der Waals surface area contributed by atoms with Crippen LogP contribution < -0.4 is 5.32 Å². The third-order valence-corrected chi connectivity index (χ3v) is 6.04. The summed E-state index contributed by atoms with van der Waals surface area (Å²) in [4.78, 5) is 0. The number of nitrogens with one attached hydrogen (secondary N) is 1. The van der Waals surface area contributed by atoms with Gasteiger partial charge in [-0.05, 0) is 54.0 Å². The Kier molecular flexibility index (Phi) is 3.51. The molecule has 2 unspecified atom stereocenters. The Balaban J connectivity index is 1.93. The highest BCUT2D eigenvalue weighted by Crippen LogP contribution is 2.50. The molecule has 0 bridgehead atoms. The number of rotatable bonds is 1. The molecule has 0 aliphatic carbocycles. The number of hydrogen-bond acceptors (Lipinski definition) is 2. The van der Waals surface area contributed by atoms with E-state index >= 15 is 0 Å². The molecule has 1 N–H and O–H groups in total. The summed E-state index contributed by atoms with van der Waals surface area (Å²) < 4.78 is 1.21. The van der Waals surface area contributed by atoms with Crippen LogP contribution in [0, 0.1) is 5.41 Å². The van der Waals surface area contributed by atoms with Crippen molar-refractivity contribution in [1.82, 2.24) is 5.32 Å². The number of thioether (sulfide) groups is 1. The first-order chi connectivity index (χ1) is 8.30. The second-order valence-electron chi connectivity index (χ2n) is 5.23. The van der Waals surface area contributed by atoms with Gasteiger partial charge in [-0.3, -0.25) is 0 Å². The fraction of sp³-hybridized carbons (Fsp3) is 0.571. The van der Waals surface area contributed by atoms with E-state index in [1.165, 1.54) is 40.9 Å². The van der Waals surface area contributed by atoms with E-state index in [1.807, 2.05) is 0 Å². The van der Waals surface area contributed by atoms with Gasteiger partial charge >= 0.3 is 0 Å². The Hall–Kier alpha value is 0.01000. The summed E-state index contributed by atoms with van der Waals surface area (Å²) in [5, 5.41) is 3.58. The monoisotopic (exact) mass is 311 g/mol. The van der Waals surface area contributed by atoms with Crippen molar-refractivity contribution in [2.75, 3.05) is 24.6 Å². The van der Waals surface area contributed by atoms with Crippen molar-refractivity contribution in [3.05, 3.63) is 34.3 Å². The largest absolute Gasteiger partial charge is 0.316 e. The molecule has 2 aliphatic heterocycles. The minimum Gasteiger partial charge on any atom is -0.316 e. The minimum atomic E-state index is 0.566. The Morgan fingerprint density at radius 3 is 3.06 bits per heavy atom. The molecular weight excluding hydrogens is 294 g/mol. The van der Waals surface area contributed by atoms with E-state index in [0.29, 0.717) is 11.3 Å². The predicted octanol–water partition coefficient (Wildman–Crippen LogP) is 3.65. The molecule has 2 saturated heterocycles. The smallest absolute Gasteiger partial charge is 0.0178 e. The van der Waals surface area contributed by atoms with Gasteiger partial charge in [0, 0.05) is 16.9 Å². The van der Waals surface area contributed by atoms with Crippen molar-refractivity contribution in [1.29, 1.82) is 0 Å². The summed E-state index contributed by atoms with van der Waals surface area (Å²) in [6, 6.07) is 8.90. The maximum absolute atomic E-state index is 3.60. The van der Waals surface area contributed by atoms with Gasteiger partial charge in [0.15, 0.2) is 0 Å². The molecule has 3 heteroatoms. The van der Waals surface area contributed by atoms with Crippen LogP contribution in [0.2, 0.25) is 0 Å². The zero-order chi connectivity index (χ0) is 11.7. The van der Waals surface area contributed by atoms with Crippen molar-refractivity contribution < 1.29 is 0 Å². The number of halogens is 1. The first kappa shape index (κ1) is 12.1. The molecule has 2 atom stereocenters. The lowest BCUT2D eigenvalue weighted by molar-refractivity contribution is 0.197. The van der Waals surface area contributed by atoms with E-state index in [0.717, 1.165) is 6.54 Å². The molecular formula is C14H18BrNS. The third kappa shape index (κ3) is 2.29. The minimum absolute atomic E-state index is 0.566. The highest BCUT2D eigenvalue weighted by molar-refractivity contribution is 9.10. The van der Waals surface area contributed by atoms with Crippen molar-refractivity contribution in [2.45, 2.75) is 18.8 Å². The van der Waals surface area contributed by atoms with Gasteiger partial charge in [0.25, 0.3) is 0 Å². The zero-order valence-corrected chi connectivity index (χ0v) is 12.3. The molecule has 2 aliphatic rings. The lowest BCUT2D eigenvalue weighted by Gasteiger charge is -2.42. The number of hydrogen-bond donors (Lipinski definition) is 1. The lowest BCUT2D eigenvalue weighted by atomic mass is 9.68. The molecule has 2 fully saturated rings. The Morgan fingerprint density at radius 1 is 1.35 bits per heavy atom. The Morgan fingerprint density at radius 2 is 2.29 bits per heavy atom. The van der Waals surface area contributed by atoms with Crippen molar-refractivity contribution >= 4 is 27.7 Å². The zero-order valence-electron chi connectivity index (χ0n) is 9.92. The van der Waals surface area contributed by atoms with E-state index in [4.69, 9.17) is 0 Å². The van der Waals surface area contributed by atoms with Gasteiger partial charge in [0.2, 0.25) is 0 Å². The van der Waals surface area contributed by atoms with Gasteiger partial charge in [-0.1, -0.05) is 28.1 Å². The van der Waals surface area contributed by atoms with Crippen LogP contribution in [0.3, 0.4) is 0 Å². The van der Waals surface area contributed by atoms with E-state index in [-0.39, 0.29) is 0 Å². The van der Waals surface area contributed by atoms with Crippen LogP contribution in [0.15, 0.2) is 28.7 Å². The lowest BCUT2D eigenvalue weighted by Crippen LogP contribution is -2.43. The van der Waals surface area contributed by atoms with E-state index < -0.39 is 0 Å². The van der Waals surface area contributed by atoms with Crippen LogP contribution in [0.25, 0.3) is 0 Å². The second kappa shape index (κ2) is 4.94. The SMILES string of the molecule is Brc1cccc(C2CNCCC23CCSC3)c1. The maximum atomic E-state index is 3.60. The average molecular weight is 312 g/mol. The van der Waals surface area contributed by atoms with Gasteiger partial charge in [-0.15, -0.1) is 0 Å². The van der Waals surface area contributed by atoms with Crippen molar-refractivity contribution in [3.63, 3.8) is 0 Å². The van der Waals surface area contributed by atoms with Crippen LogP contribution in [0.4, 0.5) is 0 Å². The quantitative estimate of drug-likeness (QED) is 0.849. The molecule has 0 saturated carbocycles. The Labute approximate surface area is 116 Å². The molecule has 17 heavy (non-hydrogen) atoms. The molecule has 1 aromatic rings. The van der Waals surface area contributed by atoms with Crippen molar-refractivity contribution in [3.8, 4) is 0 Å². The molecule has 1 spiro atoms. The highest BCUT2D eigenvalue weighted by atomic mass is 79.9. The normalized spacial score (nSPS) is 33.1. The predicted molar refractivity (Wildman–Crippen MR) is 78.7 cm³/mol. The topological polar surface area (TPSA) is 12.0 Å². The van der Waals surface area contributed by atoms with Gasteiger partial charge in [-0.2, -0.15) is 11.8 Å². The van der Waals surface area contributed by atoms with E-state index in [1.54, 1.807) is 0 Å². The van der Waals surface area contributed by atoms with Crippen LogP contribution in [-0.2, 0) is 0 Å². The van der Waals surface area contributed by atoms with E-state index in [2.05, 4.69) is 57.3 Å². The summed E-state index contributed by atoms with van der Waals surface area (Å²) in [6.45, 7) is 2.35. The molecule has 2 heterocycles. The molecule has 92 valence electrons. The first-order valence-electron chi connectivity index (χ1n) is 6.34. The maximum Gasteiger partial charge on any atom is 0.0178 e. The molecule has 3 rings (SSSR count). The van der Waals surface area contributed by atoms with Gasteiger partial charge in [0.1, 0.15) is 0 Å². The molecule has 0 radical (unpaired) electrons. The average Bonchev–Trinajstić information content (AvgIpc) is 2.79. The fourth-order valence-corrected chi connectivity index (χ4v) is 5.27. The fourth-order valence-electron chi connectivity index (χ4n) is 3.26. The molecule has 1 aromatic carbocycles. The van der Waals surface area contributed by atoms with E-state index in [9.17, 15) is 0 Å². The summed E-state index contributed by atoms with van der Waals surface area (Å²) in [5.41, 5.74) is 2.07. The van der Waals surface area contributed by atoms with Gasteiger partial charge in [-0.25, -0.2) is 0 Å². The summed E-state index contributed by atoms with van der Waals surface area (Å²) in [7, 11) is 0. The number of benzene rings is 1. The van der Waals surface area contributed by atoms with Crippen LogP contribution >= 0.6 is 27.7 Å². The molecule has 0 amide bonds. The van der Waals surface area contributed by atoms with Crippen LogP contribution in [-0.4, -0.2) is 24.6 Å². The number of piperidine rings is 1. The first-order valence-corrected chi connectivity index (χ1v) is 8.29. The summed E-state index contributed by atoms with van der Waals surface area (Å²) >= 11 is 5.74. The Bertz CT molecular complexity index is 401. The van der Waals surface area contributed by atoms with Crippen LogP contribution in [0.5, 0.6) is 0 Å². The summed E-state index contributed by atoms with van der Waals surface area (Å²) in [5.74, 6) is 3.40. The van der Waals surface area contributed by atoms with Gasteiger partial charge in [0.05, 0.1) is 0 Å².